The van der Waals surface area contributed by atoms with E-state index in [0.717, 1.165) is 5.56 Å². The third-order valence-electron chi connectivity index (χ3n) is 3.46. The number of carbonyl (C=O) groups is 3. The predicted octanol–water partition coefficient (Wildman–Crippen LogP) is 2.04. The van der Waals surface area contributed by atoms with Gasteiger partial charge in [0.25, 0.3) is 5.91 Å². The minimum absolute atomic E-state index is 0.297. The van der Waals surface area contributed by atoms with Gasteiger partial charge in [-0.25, -0.2) is 4.79 Å². The van der Waals surface area contributed by atoms with E-state index in [2.05, 4.69) is 5.32 Å². The van der Waals surface area contributed by atoms with Crippen LogP contribution in [0.5, 0.6) is 5.75 Å². The van der Waals surface area contributed by atoms with Crippen molar-refractivity contribution in [1.29, 1.82) is 0 Å². The van der Waals surface area contributed by atoms with E-state index in [9.17, 15) is 14.4 Å². The molecule has 0 heterocycles. The van der Waals surface area contributed by atoms with E-state index in [1.807, 2.05) is 19.1 Å². The molecule has 2 aromatic carbocycles. The summed E-state index contributed by atoms with van der Waals surface area (Å²) in [5.41, 5.74) is 6.94. The summed E-state index contributed by atoms with van der Waals surface area (Å²) < 4.78 is 10.4. The van der Waals surface area contributed by atoms with Gasteiger partial charge in [-0.15, -0.1) is 0 Å². The number of hydrogen-bond donors (Lipinski definition) is 2. The minimum atomic E-state index is -1.00. The molecular weight excluding hydrogens is 336 g/mol. The van der Waals surface area contributed by atoms with Crippen molar-refractivity contribution in [3.63, 3.8) is 0 Å². The number of amides is 2. The third-order valence-corrected chi connectivity index (χ3v) is 3.46. The fraction of sp³-hybridized carbons (Fsp3) is 0.211. The fourth-order valence-electron chi connectivity index (χ4n) is 2.09. The van der Waals surface area contributed by atoms with Crippen LogP contribution in [0.2, 0.25) is 0 Å². The molecule has 7 nitrogen and oxygen atoms in total. The number of esters is 1. The molecule has 136 valence electrons. The number of hydrogen-bond acceptors (Lipinski definition) is 5. The van der Waals surface area contributed by atoms with Gasteiger partial charge < -0.3 is 20.5 Å². The smallest absolute Gasteiger partial charge is 0.344 e. The highest BCUT2D eigenvalue weighted by molar-refractivity contribution is 5.96. The van der Waals surface area contributed by atoms with Crippen molar-refractivity contribution in [1.82, 2.24) is 0 Å². The van der Waals surface area contributed by atoms with Gasteiger partial charge in [0.15, 0.2) is 12.7 Å². The highest BCUT2D eigenvalue weighted by atomic mass is 16.6. The van der Waals surface area contributed by atoms with Crippen molar-refractivity contribution in [3.05, 3.63) is 59.7 Å². The number of rotatable bonds is 7. The maximum atomic E-state index is 12.1. The minimum Gasteiger partial charge on any atom is -0.482 e. The molecule has 7 heteroatoms. The molecule has 1 atom stereocenters. The molecule has 2 aromatic rings. The second-order valence-electron chi connectivity index (χ2n) is 5.67. The first kappa shape index (κ1) is 19.0. The molecule has 0 aromatic heterocycles. The van der Waals surface area contributed by atoms with Gasteiger partial charge >= 0.3 is 5.97 Å². The molecule has 0 fully saturated rings. The first-order valence-electron chi connectivity index (χ1n) is 7.95. The Morgan fingerprint density at radius 2 is 1.81 bits per heavy atom. The van der Waals surface area contributed by atoms with Crippen molar-refractivity contribution < 1.29 is 23.9 Å². The molecule has 0 spiro atoms. The Balaban J connectivity index is 1.82. The first-order chi connectivity index (χ1) is 12.3. The average Bonchev–Trinajstić information content (AvgIpc) is 2.60. The molecule has 0 aliphatic heterocycles. The Bertz CT molecular complexity index is 802. The zero-order chi connectivity index (χ0) is 19.1. The van der Waals surface area contributed by atoms with Crippen molar-refractivity contribution in [2.75, 3.05) is 11.9 Å². The lowest BCUT2D eigenvalue weighted by Gasteiger charge is -2.14. The molecule has 0 aliphatic carbocycles. The molecular formula is C19H20N2O5. The summed E-state index contributed by atoms with van der Waals surface area (Å²) in [4.78, 5) is 34.9. The molecule has 2 rings (SSSR count). The van der Waals surface area contributed by atoms with Gasteiger partial charge in [-0.3, -0.25) is 9.59 Å². The van der Waals surface area contributed by atoms with Gasteiger partial charge in [0.2, 0.25) is 5.91 Å². The topological polar surface area (TPSA) is 108 Å². The Morgan fingerprint density at radius 1 is 1.12 bits per heavy atom. The highest BCUT2D eigenvalue weighted by Gasteiger charge is 2.18. The van der Waals surface area contributed by atoms with Crippen LogP contribution in [0.25, 0.3) is 0 Å². The van der Waals surface area contributed by atoms with E-state index in [1.54, 1.807) is 12.1 Å². The van der Waals surface area contributed by atoms with Crippen LogP contribution in [0.15, 0.2) is 48.5 Å². The van der Waals surface area contributed by atoms with E-state index in [4.69, 9.17) is 15.2 Å². The standard InChI is InChI=1S/C19H20N2O5/c1-12-4-3-5-16(10-12)25-11-17(22)26-13(2)19(24)21-15-8-6-14(7-9-15)18(20)23/h3-10,13H,11H2,1-2H3,(H2,20,23)(H,21,24)/t13-/m0/s1. The summed E-state index contributed by atoms with van der Waals surface area (Å²) in [7, 11) is 0. The Labute approximate surface area is 151 Å². The lowest BCUT2D eigenvalue weighted by molar-refractivity contribution is -0.155. The van der Waals surface area contributed by atoms with Crippen LogP contribution < -0.4 is 15.8 Å². The summed E-state index contributed by atoms with van der Waals surface area (Å²) in [5, 5.41) is 2.59. The van der Waals surface area contributed by atoms with Crippen LogP contribution in [0.1, 0.15) is 22.8 Å². The zero-order valence-corrected chi connectivity index (χ0v) is 14.5. The molecule has 3 N–H and O–H groups in total. The lowest BCUT2D eigenvalue weighted by atomic mass is 10.2. The van der Waals surface area contributed by atoms with Crippen LogP contribution in [0.3, 0.4) is 0 Å². The number of ether oxygens (including phenoxy) is 2. The number of anilines is 1. The molecule has 0 saturated carbocycles. The van der Waals surface area contributed by atoms with Gasteiger partial charge in [-0.05, 0) is 55.8 Å². The molecule has 0 radical (unpaired) electrons. The van der Waals surface area contributed by atoms with E-state index in [-0.39, 0.29) is 6.61 Å². The number of carbonyl (C=O) groups excluding carboxylic acids is 3. The largest absolute Gasteiger partial charge is 0.482 e. The number of nitrogens with one attached hydrogen (secondary N) is 1. The molecule has 0 unspecified atom stereocenters. The van der Waals surface area contributed by atoms with Crippen LogP contribution in [-0.4, -0.2) is 30.5 Å². The van der Waals surface area contributed by atoms with Gasteiger partial charge in [0, 0.05) is 11.3 Å². The van der Waals surface area contributed by atoms with Gasteiger partial charge in [0.05, 0.1) is 0 Å². The Morgan fingerprint density at radius 3 is 2.42 bits per heavy atom. The molecule has 26 heavy (non-hydrogen) atoms. The summed E-state index contributed by atoms with van der Waals surface area (Å²) >= 11 is 0. The molecule has 0 saturated heterocycles. The summed E-state index contributed by atoms with van der Waals surface area (Å²) in [6, 6.07) is 13.3. The van der Waals surface area contributed by atoms with E-state index in [1.165, 1.54) is 31.2 Å². The summed E-state index contributed by atoms with van der Waals surface area (Å²) in [6.07, 6.45) is -1.00. The fourth-order valence-corrected chi connectivity index (χ4v) is 2.09. The quantitative estimate of drug-likeness (QED) is 0.738. The first-order valence-corrected chi connectivity index (χ1v) is 7.95. The number of aryl methyl sites for hydroxylation is 1. The van der Waals surface area contributed by atoms with Gasteiger partial charge in [-0.1, -0.05) is 12.1 Å². The normalized spacial score (nSPS) is 11.3. The lowest BCUT2D eigenvalue weighted by Crippen LogP contribution is -2.31. The Hall–Kier alpha value is -3.35. The maximum absolute atomic E-state index is 12.1. The van der Waals surface area contributed by atoms with E-state index < -0.39 is 23.9 Å². The van der Waals surface area contributed by atoms with Crippen LogP contribution >= 0.6 is 0 Å². The SMILES string of the molecule is Cc1cccc(OCC(=O)O[C@@H](C)C(=O)Nc2ccc(C(N)=O)cc2)c1. The Kier molecular flexibility index (Phi) is 6.32. The van der Waals surface area contributed by atoms with Crippen molar-refractivity contribution in [2.45, 2.75) is 20.0 Å². The third kappa shape index (κ3) is 5.62. The molecule has 0 bridgehead atoms. The van der Waals surface area contributed by atoms with Gasteiger partial charge in [0.1, 0.15) is 5.75 Å². The van der Waals surface area contributed by atoms with E-state index >= 15 is 0 Å². The van der Waals surface area contributed by atoms with Crippen LogP contribution in [0, 0.1) is 6.92 Å². The monoisotopic (exact) mass is 356 g/mol. The molecule has 2 amide bonds. The predicted molar refractivity (Wildman–Crippen MR) is 95.8 cm³/mol. The van der Waals surface area contributed by atoms with Crippen molar-refractivity contribution >= 4 is 23.5 Å². The zero-order valence-electron chi connectivity index (χ0n) is 14.5. The highest BCUT2D eigenvalue weighted by Crippen LogP contribution is 2.13. The summed E-state index contributed by atoms with van der Waals surface area (Å²) in [5.74, 6) is -1.16. The van der Waals surface area contributed by atoms with Crippen LogP contribution in [-0.2, 0) is 14.3 Å². The molecule has 0 aliphatic rings. The number of benzene rings is 2. The van der Waals surface area contributed by atoms with Crippen molar-refractivity contribution in [3.8, 4) is 5.75 Å². The average molecular weight is 356 g/mol. The second kappa shape index (κ2) is 8.66. The number of nitrogens with two attached hydrogens (primary N) is 1. The summed E-state index contributed by atoms with van der Waals surface area (Å²) in [6.45, 7) is 3.07. The second-order valence-corrected chi connectivity index (χ2v) is 5.67. The number of primary amides is 1. The van der Waals surface area contributed by atoms with Crippen LogP contribution in [0.4, 0.5) is 5.69 Å². The maximum Gasteiger partial charge on any atom is 0.344 e. The van der Waals surface area contributed by atoms with E-state index in [0.29, 0.717) is 17.0 Å². The van der Waals surface area contributed by atoms with Gasteiger partial charge in [-0.2, -0.15) is 0 Å². The van der Waals surface area contributed by atoms with Crippen molar-refractivity contribution in [2.24, 2.45) is 5.73 Å².